The highest BCUT2D eigenvalue weighted by Gasteiger charge is 2.33. The predicted octanol–water partition coefficient (Wildman–Crippen LogP) is 3.19. The van der Waals surface area contributed by atoms with Crippen molar-refractivity contribution < 1.29 is 9.84 Å². The number of ether oxygens (including phenoxy) is 1. The summed E-state index contributed by atoms with van der Waals surface area (Å²) in [4.78, 5) is 4.50. The van der Waals surface area contributed by atoms with E-state index in [0.29, 0.717) is 6.42 Å². The Bertz CT molecular complexity index is 448. The summed E-state index contributed by atoms with van der Waals surface area (Å²) in [5.74, 6) is 1.64. The second kappa shape index (κ2) is 5.49. The average Bonchev–Trinajstić information content (AvgIpc) is 2.38. The van der Waals surface area contributed by atoms with Crippen molar-refractivity contribution in [1.82, 2.24) is 4.98 Å². The number of rotatable bonds is 3. The van der Waals surface area contributed by atoms with Gasteiger partial charge in [0.15, 0.2) is 0 Å². The molecule has 0 spiro atoms. The molecule has 1 aromatic heterocycles. The van der Waals surface area contributed by atoms with Gasteiger partial charge in [-0.25, -0.2) is 0 Å². The van der Waals surface area contributed by atoms with Crippen molar-refractivity contribution in [3.63, 3.8) is 0 Å². The molecule has 0 unspecified atom stereocenters. The van der Waals surface area contributed by atoms with Gasteiger partial charge in [-0.15, -0.1) is 0 Å². The fraction of sp³-hybridized carbons (Fsp3) is 0.688. The molecule has 3 heteroatoms. The minimum absolute atomic E-state index is 0.579. The van der Waals surface area contributed by atoms with Crippen LogP contribution in [0.25, 0.3) is 0 Å². The van der Waals surface area contributed by atoms with Gasteiger partial charge in [0.25, 0.3) is 0 Å². The summed E-state index contributed by atoms with van der Waals surface area (Å²) in [7, 11) is 1.69. The fourth-order valence-corrected chi connectivity index (χ4v) is 3.04. The van der Waals surface area contributed by atoms with E-state index in [1.54, 1.807) is 7.11 Å². The van der Waals surface area contributed by atoms with Gasteiger partial charge in [0, 0.05) is 29.4 Å². The molecule has 1 aliphatic carbocycles. The van der Waals surface area contributed by atoms with E-state index in [1.807, 2.05) is 20.0 Å². The molecule has 19 heavy (non-hydrogen) atoms. The number of aryl methyl sites for hydroxylation is 1. The fourth-order valence-electron chi connectivity index (χ4n) is 3.04. The molecule has 3 nitrogen and oxygen atoms in total. The van der Waals surface area contributed by atoms with Crippen molar-refractivity contribution >= 4 is 0 Å². The molecule has 0 bridgehead atoms. The summed E-state index contributed by atoms with van der Waals surface area (Å²) in [6, 6.07) is 0. The molecule has 1 aromatic rings. The molecule has 1 aliphatic rings. The Kier molecular flexibility index (Phi) is 4.14. The quantitative estimate of drug-likeness (QED) is 0.910. The topological polar surface area (TPSA) is 42.4 Å². The first-order chi connectivity index (χ1) is 8.95. The van der Waals surface area contributed by atoms with Crippen LogP contribution in [0.3, 0.4) is 0 Å². The molecule has 0 aromatic carbocycles. The third-order valence-corrected chi connectivity index (χ3v) is 4.45. The molecule has 1 fully saturated rings. The summed E-state index contributed by atoms with van der Waals surface area (Å²) in [6.07, 6.45) is 6.46. The first kappa shape index (κ1) is 14.3. The average molecular weight is 263 g/mol. The second-order valence-corrected chi connectivity index (χ2v) is 6.13. The van der Waals surface area contributed by atoms with Crippen LogP contribution in [0.1, 0.15) is 49.4 Å². The largest absolute Gasteiger partial charge is 0.496 e. The van der Waals surface area contributed by atoms with Crippen LogP contribution < -0.4 is 4.74 Å². The van der Waals surface area contributed by atoms with Crippen LogP contribution >= 0.6 is 0 Å². The maximum absolute atomic E-state index is 10.7. The van der Waals surface area contributed by atoms with E-state index in [9.17, 15) is 5.11 Å². The Morgan fingerprint density at radius 2 is 2.00 bits per heavy atom. The normalized spacial score (nSPS) is 27.3. The summed E-state index contributed by atoms with van der Waals surface area (Å²) in [5, 5.41) is 10.7. The van der Waals surface area contributed by atoms with Crippen LogP contribution in [0.4, 0.5) is 0 Å². The third-order valence-electron chi connectivity index (χ3n) is 4.45. The molecule has 0 radical (unpaired) electrons. The summed E-state index contributed by atoms with van der Waals surface area (Å²) >= 11 is 0. The number of pyridine rings is 1. The number of hydrogen-bond donors (Lipinski definition) is 1. The highest BCUT2D eigenvalue weighted by Crippen LogP contribution is 2.35. The summed E-state index contributed by atoms with van der Waals surface area (Å²) < 4.78 is 5.43. The van der Waals surface area contributed by atoms with Crippen molar-refractivity contribution in [3.8, 4) is 5.75 Å². The molecular formula is C16H25NO2. The maximum Gasteiger partial charge on any atom is 0.128 e. The van der Waals surface area contributed by atoms with Gasteiger partial charge in [-0.1, -0.05) is 6.92 Å². The van der Waals surface area contributed by atoms with Gasteiger partial charge >= 0.3 is 0 Å². The third kappa shape index (κ3) is 3.08. The van der Waals surface area contributed by atoms with Crippen LogP contribution in [0.5, 0.6) is 5.75 Å². The lowest BCUT2D eigenvalue weighted by Gasteiger charge is -2.35. The number of aliphatic hydroxyl groups is 1. The second-order valence-electron chi connectivity index (χ2n) is 6.13. The molecule has 106 valence electrons. The van der Waals surface area contributed by atoms with Gasteiger partial charge in [-0.3, -0.25) is 4.98 Å². The Morgan fingerprint density at radius 1 is 1.37 bits per heavy atom. The maximum atomic E-state index is 10.7. The van der Waals surface area contributed by atoms with Crippen LogP contribution in [0, 0.1) is 19.8 Å². The zero-order valence-electron chi connectivity index (χ0n) is 12.5. The van der Waals surface area contributed by atoms with Crippen molar-refractivity contribution in [3.05, 3.63) is 23.0 Å². The van der Waals surface area contributed by atoms with Gasteiger partial charge in [-0.05, 0) is 45.4 Å². The lowest BCUT2D eigenvalue weighted by Crippen LogP contribution is -2.36. The van der Waals surface area contributed by atoms with Crippen molar-refractivity contribution in [2.24, 2.45) is 5.92 Å². The predicted molar refractivity (Wildman–Crippen MR) is 76.5 cm³/mol. The molecule has 0 saturated heterocycles. The van der Waals surface area contributed by atoms with Gasteiger partial charge < -0.3 is 9.84 Å². The number of hydrogen-bond acceptors (Lipinski definition) is 3. The standard InChI is InChI=1S/C16H25NO2/c1-11-5-7-16(18,8-6-11)9-14-13(3)15(19-4)12(2)10-17-14/h10-11,18H,5-9H2,1-4H3. The number of methoxy groups -OCH3 is 1. The van der Waals surface area contributed by atoms with Crippen molar-refractivity contribution in [1.29, 1.82) is 0 Å². The first-order valence-electron chi connectivity index (χ1n) is 7.16. The van der Waals surface area contributed by atoms with Crippen molar-refractivity contribution in [2.75, 3.05) is 7.11 Å². The highest BCUT2D eigenvalue weighted by atomic mass is 16.5. The minimum atomic E-state index is -0.579. The van der Waals surface area contributed by atoms with Crippen LogP contribution in [-0.4, -0.2) is 22.8 Å². The van der Waals surface area contributed by atoms with Crippen LogP contribution in [-0.2, 0) is 6.42 Å². The summed E-state index contributed by atoms with van der Waals surface area (Å²) in [6.45, 7) is 6.29. The van der Waals surface area contributed by atoms with E-state index < -0.39 is 5.60 Å². The van der Waals surface area contributed by atoms with E-state index in [0.717, 1.165) is 54.2 Å². The van der Waals surface area contributed by atoms with Crippen molar-refractivity contribution in [2.45, 2.75) is 58.5 Å². The van der Waals surface area contributed by atoms with Gasteiger partial charge in [-0.2, -0.15) is 0 Å². The van der Waals surface area contributed by atoms with Gasteiger partial charge in [0.05, 0.1) is 12.7 Å². The Morgan fingerprint density at radius 3 is 2.58 bits per heavy atom. The zero-order chi connectivity index (χ0) is 14.0. The summed E-state index contributed by atoms with van der Waals surface area (Å²) in [5.41, 5.74) is 2.51. The SMILES string of the molecule is COc1c(C)cnc(CC2(O)CCC(C)CC2)c1C. The Balaban J connectivity index is 2.19. The molecule has 0 atom stereocenters. The van der Waals surface area contributed by atoms with E-state index in [2.05, 4.69) is 11.9 Å². The zero-order valence-corrected chi connectivity index (χ0v) is 12.5. The monoisotopic (exact) mass is 263 g/mol. The van der Waals surface area contributed by atoms with E-state index >= 15 is 0 Å². The number of aromatic nitrogens is 1. The van der Waals surface area contributed by atoms with E-state index in [-0.39, 0.29) is 0 Å². The molecule has 1 heterocycles. The van der Waals surface area contributed by atoms with Crippen LogP contribution in [0.2, 0.25) is 0 Å². The van der Waals surface area contributed by atoms with Gasteiger partial charge in [0.2, 0.25) is 0 Å². The molecule has 0 aliphatic heterocycles. The molecule has 0 amide bonds. The smallest absolute Gasteiger partial charge is 0.128 e. The molecule has 2 rings (SSSR count). The minimum Gasteiger partial charge on any atom is -0.496 e. The van der Waals surface area contributed by atoms with E-state index in [4.69, 9.17) is 4.74 Å². The Hall–Kier alpha value is -1.09. The lowest BCUT2D eigenvalue weighted by atomic mass is 9.77. The van der Waals surface area contributed by atoms with Crippen LogP contribution in [0.15, 0.2) is 6.20 Å². The van der Waals surface area contributed by atoms with E-state index in [1.165, 1.54) is 0 Å². The van der Waals surface area contributed by atoms with Gasteiger partial charge in [0.1, 0.15) is 5.75 Å². The first-order valence-corrected chi connectivity index (χ1v) is 7.16. The molecule has 1 saturated carbocycles. The Labute approximate surface area is 116 Å². The number of nitrogens with zero attached hydrogens (tertiary/aromatic N) is 1. The highest BCUT2D eigenvalue weighted by molar-refractivity contribution is 5.41. The molecular weight excluding hydrogens is 238 g/mol. The molecule has 1 N–H and O–H groups in total. The lowest BCUT2D eigenvalue weighted by molar-refractivity contribution is -0.00761.